The fourth-order valence-electron chi connectivity index (χ4n) is 4.82. The highest BCUT2D eigenvalue weighted by Crippen LogP contribution is 2.34. The molecule has 2 fully saturated rings. The number of primary amides is 1. The molecular formula is C25H28N8O2. The predicted molar refractivity (Wildman–Crippen MR) is 133 cm³/mol. The summed E-state index contributed by atoms with van der Waals surface area (Å²) in [5.41, 5.74) is 10.1. The van der Waals surface area contributed by atoms with Crippen LogP contribution in [-0.4, -0.2) is 61.5 Å². The van der Waals surface area contributed by atoms with Gasteiger partial charge in [0.1, 0.15) is 11.0 Å². The van der Waals surface area contributed by atoms with Crippen LogP contribution < -0.4 is 20.7 Å². The quantitative estimate of drug-likeness (QED) is 0.454. The van der Waals surface area contributed by atoms with Gasteiger partial charge in [-0.05, 0) is 39.7 Å². The SMILES string of the molecule is Cc1cn2cc(-c3cnc4c(N5C[C@@H](C)N[C@@H](C)C5)ncc(C(N)=O)c4n3)cc(OC3CC3)c2n1. The van der Waals surface area contributed by atoms with Gasteiger partial charge in [0.15, 0.2) is 17.2 Å². The van der Waals surface area contributed by atoms with E-state index >= 15 is 0 Å². The van der Waals surface area contributed by atoms with Crippen LogP contribution in [0, 0.1) is 6.92 Å². The number of aromatic nitrogens is 5. The van der Waals surface area contributed by atoms with Gasteiger partial charge in [0.05, 0.1) is 29.3 Å². The van der Waals surface area contributed by atoms with Crippen LogP contribution in [0.25, 0.3) is 27.9 Å². The predicted octanol–water partition coefficient (Wildman–Crippen LogP) is 2.47. The number of imidazole rings is 1. The molecule has 10 nitrogen and oxygen atoms in total. The van der Waals surface area contributed by atoms with Crippen LogP contribution in [0.3, 0.4) is 0 Å². The van der Waals surface area contributed by atoms with E-state index in [0.717, 1.165) is 42.8 Å². The highest BCUT2D eigenvalue weighted by molar-refractivity contribution is 6.06. The van der Waals surface area contributed by atoms with Crippen molar-refractivity contribution in [3.63, 3.8) is 0 Å². The normalized spacial score (nSPS) is 20.5. The number of nitrogens with zero attached hydrogens (tertiary/aromatic N) is 6. The highest BCUT2D eigenvalue weighted by Gasteiger charge is 2.27. The molecule has 1 saturated carbocycles. The molecule has 3 N–H and O–H groups in total. The van der Waals surface area contributed by atoms with Crippen LogP contribution in [0.4, 0.5) is 5.82 Å². The molecular weight excluding hydrogens is 444 g/mol. The molecule has 1 aliphatic carbocycles. The Hall–Kier alpha value is -3.79. The number of carbonyl (C=O) groups excluding carboxylic acids is 1. The zero-order chi connectivity index (χ0) is 24.3. The second-order valence-corrected chi connectivity index (χ2v) is 9.71. The summed E-state index contributed by atoms with van der Waals surface area (Å²) in [6, 6.07) is 2.55. The number of fused-ring (bicyclic) bond motifs is 2. The Labute approximate surface area is 202 Å². The van der Waals surface area contributed by atoms with Gasteiger partial charge in [0, 0.05) is 49.3 Å². The molecule has 0 unspecified atom stereocenters. The van der Waals surface area contributed by atoms with E-state index in [0.29, 0.717) is 40.4 Å². The number of aryl methyl sites for hydroxylation is 1. The molecule has 0 spiro atoms. The van der Waals surface area contributed by atoms with E-state index in [2.05, 4.69) is 34.0 Å². The third-order valence-corrected chi connectivity index (χ3v) is 6.43. The van der Waals surface area contributed by atoms with Crippen molar-refractivity contribution < 1.29 is 9.53 Å². The first kappa shape index (κ1) is 21.7. The molecule has 6 rings (SSSR count). The molecule has 5 heterocycles. The number of anilines is 1. The summed E-state index contributed by atoms with van der Waals surface area (Å²) in [4.78, 5) is 33.3. The second kappa shape index (κ2) is 8.16. The lowest BCUT2D eigenvalue weighted by molar-refractivity contribution is 0.100. The summed E-state index contributed by atoms with van der Waals surface area (Å²) in [6.07, 6.45) is 9.47. The molecule has 10 heteroatoms. The van der Waals surface area contributed by atoms with Gasteiger partial charge >= 0.3 is 0 Å². The number of pyridine rings is 2. The van der Waals surface area contributed by atoms with Gasteiger partial charge in [-0.25, -0.2) is 19.9 Å². The van der Waals surface area contributed by atoms with Gasteiger partial charge in [0.2, 0.25) is 0 Å². The fraction of sp³-hybridized carbons (Fsp3) is 0.400. The van der Waals surface area contributed by atoms with E-state index in [1.54, 1.807) is 6.20 Å². The zero-order valence-corrected chi connectivity index (χ0v) is 20.0. The molecule has 0 radical (unpaired) electrons. The maximum absolute atomic E-state index is 12.3. The number of rotatable bonds is 5. The molecule has 0 bridgehead atoms. The lowest BCUT2D eigenvalue weighted by atomic mass is 10.1. The number of amides is 1. The largest absolute Gasteiger partial charge is 0.486 e. The number of hydrogen-bond acceptors (Lipinski definition) is 8. The van der Waals surface area contributed by atoms with Crippen LogP contribution in [0.2, 0.25) is 0 Å². The third-order valence-electron chi connectivity index (χ3n) is 6.43. The molecule has 1 amide bonds. The maximum Gasteiger partial charge on any atom is 0.252 e. The second-order valence-electron chi connectivity index (χ2n) is 9.71. The summed E-state index contributed by atoms with van der Waals surface area (Å²) >= 11 is 0. The molecule has 0 aromatic carbocycles. The lowest BCUT2D eigenvalue weighted by Gasteiger charge is -2.37. The first-order valence-corrected chi connectivity index (χ1v) is 12.0. The van der Waals surface area contributed by atoms with E-state index in [-0.39, 0.29) is 11.7 Å². The molecule has 2 aliphatic rings. The minimum Gasteiger partial charge on any atom is -0.486 e. The van der Waals surface area contributed by atoms with E-state index in [1.807, 2.05) is 29.8 Å². The summed E-state index contributed by atoms with van der Waals surface area (Å²) < 4.78 is 8.10. The Morgan fingerprint density at radius 2 is 1.86 bits per heavy atom. The highest BCUT2D eigenvalue weighted by atomic mass is 16.5. The Balaban J connectivity index is 1.49. The van der Waals surface area contributed by atoms with Crippen molar-refractivity contribution >= 4 is 28.4 Å². The van der Waals surface area contributed by atoms with E-state index in [4.69, 9.17) is 20.4 Å². The standard InChI is InChI=1S/C25H28N8O2/c1-13-9-32(10-14(2)29-13)25-22-21(18(7-28-25)23(26)34)31-19(8-27-22)16-6-20(35-17-4-5-17)24-30-15(3)11-33(24)12-16/h6-8,11-14,17,29H,4-5,9-10H2,1-3H3,(H2,26,34)/t13-,14+. The molecule has 1 saturated heterocycles. The van der Waals surface area contributed by atoms with Crippen molar-refractivity contribution in [3.8, 4) is 17.0 Å². The third kappa shape index (κ3) is 4.03. The Kier molecular flexibility index (Phi) is 5.06. The molecule has 4 aromatic rings. The van der Waals surface area contributed by atoms with E-state index in [9.17, 15) is 4.79 Å². The summed E-state index contributed by atoms with van der Waals surface area (Å²) in [5.74, 6) is 0.845. The monoisotopic (exact) mass is 472 g/mol. The Bertz CT molecular complexity index is 1450. The van der Waals surface area contributed by atoms with Crippen LogP contribution in [-0.2, 0) is 0 Å². The number of nitrogens with one attached hydrogen (secondary N) is 1. The van der Waals surface area contributed by atoms with E-state index in [1.165, 1.54) is 6.20 Å². The number of ether oxygens (including phenoxy) is 1. The molecule has 1 aliphatic heterocycles. The molecule has 2 atom stereocenters. The fourth-order valence-corrected chi connectivity index (χ4v) is 4.82. The van der Waals surface area contributed by atoms with Crippen molar-refractivity contribution in [2.24, 2.45) is 5.73 Å². The van der Waals surface area contributed by atoms with Gasteiger partial charge in [0.25, 0.3) is 5.91 Å². The first-order chi connectivity index (χ1) is 16.9. The van der Waals surface area contributed by atoms with Crippen LogP contribution in [0.15, 0.2) is 30.9 Å². The average Bonchev–Trinajstić information content (AvgIpc) is 3.54. The Morgan fingerprint density at radius 3 is 2.57 bits per heavy atom. The summed E-state index contributed by atoms with van der Waals surface area (Å²) in [7, 11) is 0. The van der Waals surface area contributed by atoms with Gasteiger partial charge in [-0.2, -0.15) is 0 Å². The first-order valence-electron chi connectivity index (χ1n) is 12.0. The smallest absolute Gasteiger partial charge is 0.252 e. The van der Waals surface area contributed by atoms with Crippen molar-refractivity contribution in [1.29, 1.82) is 0 Å². The van der Waals surface area contributed by atoms with Crippen LogP contribution in [0.5, 0.6) is 5.75 Å². The van der Waals surface area contributed by atoms with Gasteiger partial charge in [-0.15, -0.1) is 0 Å². The average molecular weight is 473 g/mol. The molecule has 35 heavy (non-hydrogen) atoms. The minimum absolute atomic E-state index is 0.229. The van der Waals surface area contributed by atoms with Gasteiger partial charge < -0.3 is 25.1 Å². The Morgan fingerprint density at radius 1 is 1.09 bits per heavy atom. The lowest BCUT2D eigenvalue weighted by Crippen LogP contribution is -2.54. The summed E-state index contributed by atoms with van der Waals surface area (Å²) in [6.45, 7) is 7.80. The topological polar surface area (TPSA) is 124 Å². The van der Waals surface area contributed by atoms with Crippen LogP contribution >= 0.6 is 0 Å². The van der Waals surface area contributed by atoms with Crippen molar-refractivity contribution in [1.82, 2.24) is 29.7 Å². The maximum atomic E-state index is 12.3. The summed E-state index contributed by atoms with van der Waals surface area (Å²) in [5, 5.41) is 3.53. The molecule has 4 aromatic heterocycles. The number of nitrogens with two attached hydrogens (primary N) is 1. The van der Waals surface area contributed by atoms with Crippen molar-refractivity contribution in [2.75, 3.05) is 18.0 Å². The number of hydrogen-bond donors (Lipinski definition) is 2. The number of carbonyl (C=O) groups is 1. The van der Waals surface area contributed by atoms with E-state index < -0.39 is 5.91 Å². The van der Waals surface area contributed by atoms with Crippen molar-refractivity contribution in [3.05, 3.63) is 42.1 Å². The minimum atomic E-state index is -0.582. The zero-order valence-electron chi connectivity index (χ0n) is 20.0. The van der Waals surface area contributed by atoms with Gasteiger partial charge in [-0.3, -0.25) is 4.79 Å². The number of piperazine rings is 1. The van der Waals surface area contributed by atoms with Crippen molar-refractivity contribution in [2.45, 2.75) is 51.8 Å². The molecule has 180 valence electrons. The van der Waals surface area contributed by atoms with Crippen LogP contribution in [0.1, 0.15) is 42.7 Å². The van der Waals surface area contributed by atoms with Gasteiger partial charge in [-0.1, -0.05) is 0 Å².